The van der Waals surface area contributed by atoms with Crippen LogP contribution in [0.25, 0.3) is 0 Å². The number of carbonyl (C=O) groups is 2. The van der Waals surface area contributed by atoms with Crippen molar-refractivity contribution in [3.63, 3.8) is 0 Å². The number of fused-ring (bicyclic) bond motifs is 4. The molecule has 0 bridgehead atoms. The summed E-state index contributed by atoms with van der Waals surface area (Å²) in [6.45, 7) is 5.25. The summed E-state index contributed by atoms with van der Waals surface area (Å²) in [6, 6.07) is 0. The highest BCUT2D eigenvalue weighted by molar-refractivity contribution is 5.77. The Kier molecular flexibility index (Phi) is 4.23. The Bertz CT molecular complexity index is 952. The molecule has 0 aromatic carbocycles. The Hall–Kier alpha value is -1.66. The Labute approximate surface area is 189 Å². The molecule has 0 radical (unpaired) electrons. The monoisotopic (exact) mass is 442 g/mol. The van der Waals surface area contributed by atoms with Crippen molar-refractivity contribution in [2.75, 3.05) is 20.8 Å². The lowest BCUT2D eigenvalue weighted by atomic mass is 9.45. The minimum atomic E-state index is -0.406. The van der Waals surface area contributed by atoms with E-state index in [1.165, 1.54) is 18.3 Å². The van der Waals surface area contributed by atoms with Gasteiger partial charge in [0.25, 0.3) is 0 Å². The fourth-order valence-electron chi connectivity index (χ4n) is 8.79. The zero-order chi connectivity index (χ0) is 22.5. The molecule has 6 nitrogen and oxygen atoms in total. The summed E-state index contributed by atoms with van der Waals surface area (Å²) in [5.41, 5.74) is 1.42. The Morgan fingerprint density at radius 3 is 2.69 bits per heavy atom. The first-order chi connectivity index (χ1) is 15.2. The third kappa shape index (κ3) is 2.28. The highest BCUT2D eigenvalue weighted by Gasteiger charge is 2.82. The predicted octanol–water partition coefficient (Wildman–Crippen LogP) is 3.74. The summed E-state index contributed by atoms with van der Waals surface area (Å²) < 4.78 is 23.6. The number of esters is 2. The number of hydrogen-bond acceptors (Lipinski definition) is 6. The summed E-state index contributed by atoms with van der Waals surface area (Å²) in [4.78, 5) is 25.4. The average Bonchev–Trinajstić information content (AvgIpc) is 3.25. The molecule has 2 heterocycles. The summed E-state index contributed by atoms with van der Waals surface area (Å²) in [7, 11) is 3.21. The third-order valence-electron chi connectivity index (χ3n) is 10.4. The molecular weight excluding hydrogens is 408 g/mol. The summed E-state index contributed by atoms with van der Waals surface area (Å²) in [6.07, 6.45) is 10.5. The number of hydrogen-bond donors (Lipinski definition) is 0. The van der Waals surface area contributed by atoms with Gasteiger partial charge in [0.2, 0.25) is 0 Å². The average molecular weight is 443 g/mol. The van der Waals surface area contributed by atoms with E-state index in [-0.39, 0.29) is 52.2 Å². The molecule has 0 aromatic rings. The van der Waals surface area contributed by atoms with Gasteiger partial charge < -0.3 is 18.9 Å². The van der Waals surface area contributed by atoms with Crippen molar-refractivity contribution in [3.05, 3.63) is 23.3 Å². The van der Waals surface area contributed by atoms with Crippen molar-refractivity contribution < 1.29 is 28.5 Å². The fourth-order valence-corrected chi connectivity index (χ4v) is 8.79. The largest absolute Gasteiger partial charge is 0.469 e. The Morgan fingerprint density at radius 1 is 1.19 bits per heavy atom. The maximum Gasteiger partial charge on any atom is 0.312 e. The molecule has 0 aromatic heterocycles. The van der Waals surface area contributed by atoms with Crippen molar-refractivity contribution in [1.29, 1.82) is 0 Å². The molecular formula is C26H34O6. The lowest BCUT2D eigenvalue weighted by Crippen LogP contribution is -2.62. The molecule has 2 spiro atoms. The topological polar surface area (TPSA) is 74.4 Å². The highest BCUT2D eigenvalue weighted by Crippen LogP contribution is 2.77. The maximum absolute atomic E-state index is 13.2. The molecule has 8 atom stereocenters. The van der Waals surface area contributed by atoms with Gasteiger partial charge in [0.15, 0.2) is 0 Å². The number of methoxy groups -OCH3 is 2. The van der Waals surface area contributed by atoms with E-state index in [4.69, 9.17) is 18.9 Å². The van der Waals surface area contributed by atoms with Crippen molar-refractivity contribution >= 4 is 11.9 Å². The van der Waals surface area contributed by atoms with E-state index < -0.39 is 5.60 Å². The van der Waals surface area contributed by atoms with Gasteiger partial charge in [-0.05, 0) is 55.6 Å². The number of rotatable bonds is 3. The molecule has 0 amide bonds. The van der Waals surface area contributed by atoms with Gasteiger partial charge in [-0.15, -0.1) is 0 Å². The third-order valence-corrected chi connectivity index (χ3v) is 10.4. The normalized spacial score (nSPS) is 50.4. The van der Waals surface area contributed by atoms with E-state index in [0.29, 0.717) is 13.0 Å². The fraction of sp³-hybridized carbons (Fsp3) is 0.769. The molecule has 2 saturated carbocycles. The minimum Gasteiger partial charge on any atom is -0.469 e. The van der Waals surface area contributed by atoms with Crippen molar-refractivity contribution in [2.45, 2.75) is 76.1 Å². The SMILES string of the molecule is COCC1=CC2=C[C@@H](C(=O)OC)C3C4CC[C@@]5(CCC(=O)O5)[C@@]4(C)C[C@@H]4O[C@@]34[C@@]2(C)CC1. The van der Waals surface area contributed by atoms with Gasteiger partial charge in [-0.2, -0.15) is 0 Å². The molecule has 4 fully saturated rings. The van der Waals surface area contributed by atoms with E-state index in [1.807, 2.05) is 0 Å². The number of ether oxygens (including phenoxy) is 4. The second-order valence-electron chi connectivity index (χ2n) is 11.4. The molecule has 6 rings (SSSR count). The van der Waals surface area contributed by atoms with Gasteiger partial charge in [0.1, 0.15) is 11.2 Å². The molecule has 174 valence electrons. The zero-order valence-electron chi connectivity index (χ0n) is 19.6. The van der Waals surface area contributed by atoms with Crippen LogP contribution in [-0.4, -0.2) is 50.1 Å². The summed E-state index contributed by atoms with van der Waals surface area (Å²) in [5, 5.41) is 0. The number of allylic oxidation sites excluding steroid dienone is 1. The van der Waals surface area contributed by atoms with Crippen LogP contribution in [0.15, 0.2) is 23.3 Å². The molecule has 2 saturated heterocycles. The Morgan fingerprint density at radius 2 is 2.00 bits per heavy atom. The van der Waals surface area contributed by atoms with Gasteiger partial charge in [-0.1, -0.05) is 26.0 Å². The van der Waals surface area contributed by atoms with Gasteiger partial charge in [0.05, 0.1) is 25.7 Å². The molecule has 0 N–H and O–H groups in total. The van der Waals surface area contributed by atoms with Crippen LogP contribution >= 0.6 is 0 Å². The van der Waals surface area contributed by atoms with Crippen LogP contribution in [0, 0.1) is 28.6 Å². The molecule has 6 heteroatoms. The van der Waals surface area contributed by atoms with E-state index in [0.717, 1.165) is 38.5 Å². The lowest BCUT2D eigenvalue weighted by molar-refractivity contribution is -0.168. The minimum absolute atomic E-state index is 0.0449. The van der Waals surface area contributed by atoms with Crippen molar-refractivity contribution in [3.8, 4) is 0 Å². The van der Waals surface area contributed by atoms with Gasteiger partial charge in [-0.3, -0.25) is 9.59 Å². The van der Waals surface area contributed by atoms with Crippen LogP contribution < -0.4 is 0 Å². The predicted molar refractivity (Wildman–Crippen MR) is 115 cm³/mol. The first-order valence-electron chi connectivity index (χ1n) is 12.1. The van der Waals surface area contributed by atoms with Crippen LogP contribution in [0.3, 0.4) is 0 Å². The molecule has 2 aliphatic heterocycles. The van der Waals surface area contributed by atoms with Crippen LogP contribution in [0.5, 0.6) is 0 Å². The van der Waals surface area contributed by atoms with E-state index in [1.54, 1.807) is 7.11 Å². The van der Waals surface area contributed by atoms with Crippen molar-refractivity contribution in [2.24, 2.45) is 28.6 Å². The molecule has 32 heavy (non-hydrogen) atoms. The van der Waals surface area contributed by atoms with Gasteiger partial charge >= 0.3 is 11.9 Å². The second-order valence-corrected chi connectivity index (χ2v) is 11.4. The lowest BCUT2D eigenvalue weighted by Gasteiger charge is -2.57. The first kappa shape index (κ1) is 20.9. The number of carbonyl (C=O) groups excluding carboxylic acids is 2. The van der Waals surface area contributed by atoms with Crippen LogP contribution in [-0.2, 0) is 28.5 Å². The van der Waals surface area contributed by atoms with Crippen molar-refractivity contribution in [1.82, 2.24) is 0 Å². The van der Waals surface area contributed by atoms with Crippen LogP contribution in [0.1, 0.15) is 58.8 Å². The van der Waals surface area contributed by atoms with Crippen LogP contribution in [0.4, 0.5) is 0 Å². The van der Waals surface area contributed by atoms with Gasteiger partial charge in [0, 0.05) is 30.3 Å². The smallest absolute Gasteiger partial charge is 0.312 e. The standard InChI is InChI=1S/C26H34O6/c1-23-8-5-15(14-29-3)11-16(23)12-17(22(28)30-4)21-18-6-9-25(10-7-20(27)32-25)24(18,2)13-19-26(21,23)31-19/h11-12,17-19,21H,5-10,13-14H2,1-4H3/t17-,18?,19+,21?,23+,24+,25-,26-/m1/s1. The molecule has 6 aliphatic rings. The Balaban J connectivity index is 1.48. The zero-order valence-corrected chi connectivity index (χ0v) is 19.6. The van der Waals surface area contributed by atoms with E-state index >= 15 is 0 Å². The van der Waals surface area contributed by atoms with E-state index in [2.05, 4.69) is 26.0 Å². The highest BCUT2D eigenvalue weighted by atomic mass is 16.6. The van der Waals surface area contributed by atoms with Gasteiger partial charge in [-0.25, -0.2) is 0 Å². The summed E-state index contributed by atoms with van der Waals surface area (Å²) in [5.74, 6) is -0.299. The maximum atomic E-state index is 13.2. The van der Waals surface area contributed by atoms with E-state index in [9.17, 15) is 9.59 Å². The quantitative estimate of drug-likeness (QED) is 0.490. The second kappa shape index (κ2) is 6.47. The first-order valence-corrected chi connectivity index (χ1v) is 12.1. The molecule has 4 aliphatic carbocycles. The van der Waals surface area contributed by atoms with Crippen LogP contribution in [0.2, 0.25) is 0 Å². The molecule has 2 unspecified atom stereocenters. The summed E-state index contributed by atoms with van der Waals surface area (Å²) >= 11 is 0. The number of epoxide rings is 1.